The molecule has 0 bridgehead atoms. The summed E-state index contributed by atoms with van der Waals surface area (Å²) in [5.74, 6) is 2.62. The number of nitrogens with zero attached hydrogens (tertiary/aromatic N) is 2. The van der Waals surface area contributed by atoms with Gasteiger partial charge in [-0.25, -0.2) is 0 Å². The van der Waals surface area contributed by atoms with Crippen molar-refractivity contribution in [1.29, 1.82) is 0 Å². The fourth-order valence-corrected chi connectivity index (χ4v) is 6.21. The molecule has 0 saturated carbocycles. The van der Waals surface area contributed by atoms with Crippen molar-refractivity contribution in [3.8, 4) is 17.2 Å². The van der Waals surface area contributed by atoms with E-state index >= 15 is 0 Å². The zero-order valence-corrected chi connectivity index (χ0v) is 22.6. The fraction of sp³-hybridized carbons (Fsp3) is 0.548. The highest BCUT2D eigenvalue weighted by atomic mass is 16.5. The predicted octanol–water partition coefficient (Wildman–Crippen LogP) is 4.92. The Hall–Kier alpha value is -2.54. The van der Waals surface area contributed by atoms with Crippen LogP contribution in [0, 0.1) is 0 Å². The molecule has 3 aliphatic rings. The molecule has 0 fully saturated rings. The van der Waals surface area contributed by atoms with Crippen molar-refractivity contribution in [1.82, 2.24) is 9.80 Å². The highest BCUT2D eigenvalue weighted by molar-refractivity contribution is 5.61. The summed E-state index contributed by atoms with van der Waals surface area (Å²) in [6.45, 7) is 11.2. The average molecular weight is 507 g/mol. The maximum Gasteiger partial charge on any atom is 0.166 e. The van der Waals surface area contributed by atoms with Gasteiger partial charge in [0.2, 0.25) is 0 Å². The minimum Gasteiger partial charge on any atom is -0.494 e. The summed E-state index contributed by atoms with van der Waals surface area (Å²) in [6.07, 6.45) is 7.43. The number of rotatable bonds is 11. The number of benzene rings is 2. The van der Waals surface area contributed by atoms with Crippen LogP contribution in [0.25, 0.3) is 0 Å². The van der Waals surface area contributed by atoms with Gasteiger partial charge in [-0.15, -0.1) is 0 Å². The summed E-state index contributed by atoms with van der Waals surface area (Å²) in [5, 5.41) is 10.3. The van der Waals surface area contributed by atoms with E-state index in [1.165, 1.54) is 16.7 Å². The zero-order valence-electron chi connectivity index (χ0n) is 22.6. The SMILES string of the molecule is CCN(CC)Cc1ccc(OCCCCN2CC[C@@]34C=C[C@H](O)C[C@@H]3Oc3c(OC)ccc(c34)C2)cc1. The van der Waals surface area contributed by atoms with Crippen LogP contribution in [-0.2, 0) is 18.5 Å². The van der Waals surface area contributed by atoms with Gasteiger partial charge in [0.25, 0.3) is 0 Å². The highest BCUT2D eigenvalue weighted by Gasteiger charge is 2.52. The van der Waals surface area contributed by atoms with E-state index in [1.807, 2.05) is 12.1 Å². The molecule has 0 aromatic heterocycles. The maximum atomic E-state index is 10.3. The number of hydrogen-bond donors (Lipinski definition) is 1. The van der Waals surface area contributed by atoms with E-state index in [1.54, 1.807) is 7.11 Å². The number of hydrogen-bond acceptors (Lipinski definition) is 6. The molecule has 2 aliphatic heterocycles. The second kappa shape index (κ2) is 11.5. The van der Waals surface area contributed by atoms with Crippen LogP contribution in [-0.4, -0.2) is 67.0 Å². The lowest BCUT2D eigenvalue weighted by molar-refractivity contribution is 0.0809. The Kier molecular flexibility index (Phi) is 8.08. The van der Waals surface area contributed by atoms with Gasteiger partial charge in [0, 0.05) is 25.1 Å². The summed E-state index contributed by atoms with van der Waals surface area (Å²) in [5.41, 5.74) is 3.75. The van der Waals surface area contributed by atoms with Crippen LogP contribution in [0.2, 0.25) is 0 Å². The molecule has 1 aliphatic carbocycles. The Balaban J connectivity index is 1.15. The minimum absolute atomic E-state index is 0.0377. The molecule has 200 valence electrons. The van der Waals surface area contributed by atoms with Crippen molar-refractivity contribution in [2.24, 2.45) is 0 Å². The van der Waals surface area contributed by atoms with E-state index in [4.69, 9.17) is 14.2 Å². The summed E-state index contributed by atoms with van der Waals surface area (Å²) in [6, 6.07) is 12.8. The van der Waals surface area contributed by atoms with E-state index in [0.717, 1.165) is 82.4 Å². The third-order valence-corrected chi connectivity index (χ3v) is 8.40. The van der Waals surface area contributed by atoms with Gasteiger partial charge in [-0.05, 0) is 74.8 Å². The fourth-order valence-electron chi connectivity index (χ4n) is 6.21. The second-order valence-corrected chi connectivity index (χ2v) is 10.6. The molecule has 37 heavy (non-hydrogen) atoms. The number of ether oxygens (including phenoxy) is 3. The van der Waals surface area contributed by atoms with Crippen molar-refractivity contribution >= 4 is 0 Å². The van der Waals surface area contributed by atoms with Crippen LogP contribution in [0.3, 0.4) is 0 Å². The molecule has 6 nitrogen and oxygen atoms in total. The van der Waals surface area contributed by atoms with Crippen LogP contribution in [0.1, 0.15) is 56.2 Å². The van der Waals surface area contributed by atoms with Crippen LogP contribution in [0.15, 0.2) is 48.6 Å². The number of methoxy groups -OCH3 is 1. The molecule has 0 saturated heterocycles. The molecule has 2 aromatic rings. The molecular formula is C31H42N2O4. The van der Waals surface area contributed by atoms with Gasteiger partial charge in [-0.1, -0.05) is 44.2 Å². The standard InChI is InChI=1S/C31H42N2O4/c1-4-32(5-2)21-23-8-11-26(12-9-23)36-19-7-6-17-33-18-16-31-15-14-25(34)20-28(31)37-30-27(35-3)13-10-24(22-33)29(30)31/h8-15,25,28,34H,4-7,16-22H2,1-3H3/t25-,28-,31-/m0/s1. The summed E-state index contributed by atoms with van der Waals surface area (Å²) < 4.78 is 18.1. The van der Waals surface area contributed by atoms with Crippen molar-refractivity contribution < 1.29 is 19.3 Å². The van der Waals surface area contributed by atoms with Crippen LogP contribution in [0.4, 0.5) is 0 Å². The lowest BCUT2D eigenvalue weighted by atomic mass is 9.69. The van der Waals surface area contributed by atoms with Gasteiger partial charge in [0.1, 0.15) is 11.9 Å². The van der Waals surface area contributed by atoms with Crippen molar-refractivity contribution in [3.63, 3.8) is 0 Å². The van der Waals surface area contributed by atoms with E-state index in [-0.39, 0.29) is 11.5 Å². The summed E-state index contributed by atoms with van der Waals surface area (Å²) >= 11 is 0. The third-order valence-electron chi connectivity index (χ3n) is 8.40. The van der Waals surface area contributed by atoms with E-state index in [0.29, 0.717) is 6.42 Å². The average Bonchev–Trinajstić information content (AvgIpc) is 3.16. The lowest BCUT2D eigenvalue weighted by Gasteiger charge is -2.35. The quantitative estimate of drug-likeness (QED) is 0.345. The molecule has 0 radical (unpaired) electrons. The largest absolute Gasteiger partial charge is 0.494 e. The maximum absolute atomic E-state index is 10.3. The summed E-state index contributed by atoms with van der Waals surface area (Å²) in [7, 11) is 1.70. The number of aliphatic hydroxyl groups excluding tert-OH is 1. The molecule has 0 unspecified atom stereocenters. The number of unbranched alkanes of at least 4 members (excludes halogenated alkanes) is 1. The molecule has 2 heterocycles. The van der Waals surface area contributed by atoms with E-state index in [2.05, 4.69) is 60.1 Å². The van der Waals surface area contributed by atoms with Crippen molar-refractivity contribution in [3.05, 3.63) is 65.2 Å². The van der Waals surface area contributed by atoms with Crippen LogP contribution >= 0.6 is 0 Å². The van der Waals surface area contributed by atoms with Gasteiger partial charge >= 0.3 is 0 Å². The second-order valence-electron chi connectivity index (χ2n) is 10.6. The van der Waals surface area contributed by atoms with Crippen molar-refractivity contribution in [2.45, 2.75) is 70.2 Å². The van der Waals surface area contributed by atoms with E-state index in [9.17, 15) is 5.11 Å². The van der Waals surface area contributed by atoms with Gasteiger partial charge in [-0.2, -0.15) is 0 Å². The molecule has 1 spiro atoms. The zero-order chi connectivity index (χ0) is 25.8. The van der Waals surface area contributed by atoms with Gasteiger partial charge in [0.15, 0.2) is 11.5 Å². The van der Waals surface area contributed by atoms with Crippen LogP contribution < -0.4 is 14.2 Å². The van der Waals surface area contributed by atoms with E-state index < -0.39 is 6.10 Å². The first-order valence-corrected chi connectivity index (χ1v) is 14.0. The predicted molar refractivity (Wildman–Crippen MR) is 147 cm³/mol. The Morgan fingerprint density at radius 2 is 1.92 bits per heavy atom. The molecule has 0 amide bonds. The first-order valence-electron chi connectivity index (χ1n) is 14.0. The topological polar surface area (TPSA) is 54.4 Å². The third kappa shape index (κ3) is 5.38. The normalized spacial score (nSPS) is 24.4. The minimum atomic E-state index is -0.447. The molecule has 5 rings (SSSR count). The molecular weight excluding hydrogens is 464 g/mol. The first-order chi connectivity index (χ1) is 18.1. The van der Waals surface area contributed by atoms with Crippen LogP contribution in [0.5, 0.6) is 17.2 Å². The molecule has 1 N–H and O–H groups in total. The van der Waals surface area contributed by atoms with Gasteiger partial charge in [-0.3, -0.25) is 9.80 Å². The molecule has 2 aromatic carbocycles. The molecule has 3 atom stereocenters. The Morgan fingerprint density at radius 3 is 2.68 bits per heavy atom. The first kappa shape index (κ1) is 26.1. The highest BCUT2D eigenvalue weighted by Crippen LogP contribution is 2.55. The lowest BCUT2D eigenvalue weighted by Crippen LogP contribution is -2.43. The molecule has 6 heteroatoms. The number of aliphatic hydroxyl groups is 1. The Bertz CT molecular complexity index is 1080. The van der Waals surface area contributed by atoms with Gasteiger partial charge < -0.3 is 19.3 Å². The Labute approximate surface area is 221 Å². The van der Waals surface area contributed by atoms with Gasteiger partial charge in [0.05, 0.1) is 25.2 Å². The Morgan fingerprint density at radius 1 is 1.11 bits per heavy atom. The summed E-state index contributed by atoms with van der Waals surface area (Å²) in [4.78, 5) is 4.98. The smallest absolute Gasteiger partial charge is 0.166 e. The van der Waals surface area contributed by atoms with Crippen molar-refractivity contribution in [2.75, 3.05) is 39.9 Å². The monoisotopic (exact) mass is 506 g/mol.